The summed E-state index contributed by atoms with van der Waals surface area (Å²) >= 11 is 0. The Morgan fingerprint density at radius 3 is 2.74 bits per heavy atom. The summed E-state index contributed by atoms with van der Waals surface area (Å²) in [6.45, 7) is 3.18. The maximum atomic E-state index is 12.0. The van der Waals surface area contributed by atoms with Crippen LogP contribution >= 0.6 is 0 Å². The molecule has 1 aliphatic heterocycles. The first kappa shape index (κ1) is 13.9. The van der Waals surface area contributed by atoms with Gasteiger partial charge in [0.1, 0.15) is 6.04 Å². The quantitative estimate of drug-likeness (QED) is 0.845. The fraction of sp³-hybridized carbons (Fsp3) is 0.533. The van der Waals surface area contributed by atoms with E-state index in [1.165, 1.54) is 0 Å². The first-order chi connectivity index (χ1) is 9.26. The third kappa shape index (κ3) is 3.26. The monoisotopic (exact) mass is 263 g/mol. The van der Waals surface area contributed by atoms with Crippen LogP contribution in [-0.4, -0.2) is 30.3 Å². The van der Waals surface area contributed by atoms with Crippen LogP contribution in [0.25, 0.3) is 0 Å². The van der Waals surface area contributed by atoms with Crippen molar-refractivity contribution in [3.8, 4) is 0 Å². The zero-order chi connectivity index (χ0) is 13.7. The molecule has 1 aromatic rings. The lowest BCUT2D eigenvalue weighted by Crippen LogP contribution is -2.45. The van der Waals surface area contributed by atoms with Crippen molar-refractivity contribution in [1.82, 2.24) is 0 Å². The molecule has 4 heteroatoms. The van der Waals surface area contributed by atoms with E-state index in [4.69, 9.17) is 9.84 Å². The van der Waals surface area contributed by atoms with Crippen molar-refractivity contribution in [3.05, 3.63) is 29.8 Å². The van der Waals surface area contributed by atoms with Crippen molar-refractivity contribution < 1.29 is 14.6 Å². The number of esters is 1. The van der Waals surface area contributed by atoms with Gasteiger partial charge < -0.3 is 14.7 Å². The van der Waals surface area contributed by atoms with Crippen LogP contribution in [0.3, 0.4) is 0 Å². The number of carbonyl (C=O) groups is 1. The SMILES string of the molecule is CCOC(=O)[C@@H]1CCCCN1c1ccc(CO)cc1. The van der Waals surface area contributed by atoms with Gasteiger partial charge in [0, 0.05) is 12.2 Å². The van der Waals surface area contributed by atoms with Gasteiger partial charge in [0.15, 0.2) is 0 Å². The minimum absolute atomic E-state index is 0.0432. The van der Waals surface area contributed by atoms with E-state index in [2.05, 4.69) is 4.90 Å². The van der Waals surface area contributed by atoms with E-state index in [0.717, 1.165) is 37.1 Å². The summed E-state index contributed by atoms with van der Waals surface area (Å²) < 4.78 is 5.16. The highest BCUT2D eigenvalue weighted by molar-refractivity contribution is 5.80. The second-order valence-electron chi connectivity index (χ2n) is 4.78. The number of piperidine rings is 1. The molecule has 4 nitrogen and oxygen atoms in total. The fourth-order valence-corrected chi connectivity index (χ4v) is 2.52. The van der Waals surface area contributed by atoms with Gasteiger partial charge in [-0.1, -0.05) is 12.1 Å². The molecule has 0 unspecified atom stereocenters. The van der Waals surface area contributed by atoms with Crippen LogP contribution in [0.1, 0.15) is 31.7 Å². The third-order valence-electron chi connectivity index (χ3n) is 3.51. The molecule has 0 radical (unpaired) electrons. The Bertz CT molecular complexity index is 416. The lowest BCUT2D eigenvalue weighted by molar-refractivity contribution is -0.145. The largest absolute Gasteiger partial charge is 0.464 e. The number of carbonyl (C=O) groups excluding carboxylic acids is 1. The van der Waals surface area contributed by atoms with Gasteiger partial charge in [0.05, 0.1) is 13.2 Å². The smallest absolute Gasteiger partial charge is 0.328 e. The van der Waals surface area contributed by atoms with E-state index in [1.54, 1.807) is 0 Å². The molecule has 104 valence electrons. The number of benzene rings is 1. The molecule has 1 aliphatic rings. The number of rotatable bonds is 4. The molecular formula is C15H21NO3. The van der Waals surface area contributed by atoms with Crippen LogP contribution in [0.2, 0.25) is 0 Å². The molecule has 1 aromatic carbocycles. The topological polar surface area (TPSA) is 49.8 Å². The minimum atomic E-state index is -0.173. The molecule has 0 aromatic heterocycles. The number of hydrogen-bond acceptors (Lipinski definition) is 4. The summed E-state index contributed by atoms with van der Waals surface area (Å²) in [5, 5.41) is 9.06. The summed E-state index contributed by atoms with van der Waals surface area (Å²) in [6.07, 6.45) is 3.01. The number of hydrogen-bond donors (Lipinski definition) is 1. The summed E-state index contributed by atoms with van der Waals surface area (Å²) in [7, 11) is 0. The first-order valence-electron chi connectivity index (χ1n) is 6.89. The highest BCUT2D eigenvalue weighted by Gasteiger charge is 2.29. The second kappa shape index (κ2) is 6.57. The van der Waals surface area contributed by atoms with Crippen molar-refractivity contribution in [1.29, 1.82) is 0 Å². The van der Waals surface area contributed by atoms with Crippen LogP contribution in [0.4, 0.5) is 5.69 Å². The van der Waals surface area contributed by atoms with Gasteiger partial charge >= 0.3 is 5.97 Å². The van der Waals surface area contributed by atoms with Crippen LogP contribution in [-0.2, 0) is 16.1 Å². The Hall–Kier alpha value is -1.55. The molecule has 0 bridgehead atoms. The van der Waals surface area contributed by atoms with Crippen LogP contribution in [0.5, 0.6) is 0 Å². The number of anilines is 1. The van der Waals surface area contributed by atoms with Gasteiger partial charge in [-0.05, 0) is 43.9 Å². The molecule has 1 N–H and O–H groups in total. The number of aliphatic hydroxyl groups excluding tert-OH is 1. The van der Waals surface area contributed by atoms with Crippen molar-refractivity contribution >= 4 is 11.7 Å². The van der Waals surface area contributed by atoms with Crippen molar-refractivity contribution in [2.75, 3.05) is 18.1 Å². The molecule has 1 heterocycles. The number of nitrogens with zero attached hydrogens (tertiary/aromatic N) is 1. The fourth-order valence-electron chi connectivity index (χ4n) is 2.52. The normalized spacial score (nSPS) is 19.3. The Balaban J connectivity index is 2.15. The van der Waals surface area contributed by atoms with Crippen molar-refractivity contribution in [3.63, 3.8) is 0 Å². The summed E-state index contributed by atoms with van der Waals surface area (Å²) in [5.74, 6) is -0.131. The molecule has 0 aliphatic carbocycles. The minimum Gasteiger partial charge on any atom is -0.464 e. The molecule has 1 saturated heterocycles. The molecule has 1 fully saturated rings. The average Bonchev–Trinajstić information content (AvgIpc) is 2.47. The number of ether oxygens (including phenoxy) is 1. The van der Waals surface area contributed by atoms with E-state index in [1.807, 2.05) is 31.2 Å². The van der Waals surface area contributed by atoms with Gasteiger partial charge in [-0.15, -0.1) is 0 Å². The molecular weight excluding hydrogens is 242 g/mol. The Kier molecular flexibility index (Phi) is 4.80. The van der Waals surface area contributed by atoms with Crippen molar-refractivity contribution in [2.24, 2.45) is 0 Å². The second-order valence-corrected chi connectivity index (χ2v) is 4.78. The lowest BCUT2D eigenvalue weighted by atomic mass is 10.0. The van der Waals surface area contributed by atoms with E-state index in [0.29, 0.717) is 6.61 Å². The molecule has 0 spiro atoms. The summed E-state index contributed by atoms with van der Waals surface area (Å²) in [6, 6.07) is 7.54. The standard InChI is InChI=1S/C15H21NO3/c1-2-19-15(18)14-5-3-4-10-16(14)13-8-6-12(11-17)7-9-13/h6-9,14,17H,2-5,10-11H2,1H3/t14-/m0/s1. The van der Waals surface area contributed by atoms with Crippen LogP contribution < -0.4 is 4.90 Å². The summed E-state index contributed by atoms with van der Waals surface area (Å²) in [5.41, 5.74) is 1.91. The molecule has 1 atom stereocenters. The molecule has 0 amide bonds. The zero-order valence-electron chi connectivity index (χ0n) is 11.3. The van der Waals surface area contributed by atoms with Gasteiger partial charge in [-0.25, -0.2) is 4.79 Å². The van der Waals surface area contributed by atoms with Gasteiger partial charge in [-0.3, -0.25) is 0 Å². The maximum Gasteiger partial charge on any atom is 0.328 e. The van der Waals surface area contributed by atoms with Crippen LogP contribution in [0, 0.1) is 0 Å². The lowest BCUT2D eigenvalue weighted by Gasteiger charge is -2.35. The maximum absolute atomic E-state index is 12.0. The Labute approximate surface area is 114 Å². The average molecular weight is 263 g/mol. The van der Waals surface area contributed by atoms with E-state index < -0.39 is 0 Å². The molecule has 2 rings (SSSR count). The van der Waals surface area contributed by atoms with E-state index in [9.17, 15) is 4.79 Å². The molecule has 19 heavy (non-hydrogen) atoms. The van der Waals surface area contributed by atoms with Gasteiger partial charge in [0.2, 0.25) is 0 Å². The van der Waals surface area contributed by atoms with E-state index >= 15 is 0 Å². The number of aliphatic hydroxyl groups is 1. The van der Waals surface area contributed by atoms with Crippen molar-refractivity contribution in [2.45, 2.75) is 38.8 Å². The van der Waals surface area contributed by atoms with Gasteiger partial charge in [-0.2, -0.15) is 0 Å². The zero-order valence-corrected chi connectivity index (χ0v) is 11.3. The van der Waals surface area contributed by atoms with E-state index in [-0.39, 0.29) is 18.6 Å². The first-order valence-corrected chi connectivity index (χ1v) is 6.89. The highest BCUT2D eigenvalue weighted by Crippen LogP contribution is 2.25. The van der Waals surface area contributed by atoms with Gasteiger partial charge in [0.25, 0.3) is 0 Å². The van der Waals surface area contributed by atoms with Crippen LogP contribution in [0.15, 0.2) is 24.3 Å². The Morgan fingerprint density at radius 2 is 2.11 bits per heavy atom. The third-order valence-corrected chi connectivity index (χ3v) is 3.51. The summed E-state index contributed by atoms with van der Waals surface area (Å²) in [4.78, 5) is 14.1. The Morgan fingerprint density at radius 1 is 1.37 bits per heavy atom. The highest BCUT2D eigenvalue weighted by atomic mass is 16.5. The predicted octanol–water partition coefficient (Wildman–Crippen LogP) is 2.10. The predicted molar refractivity (Wildman–Crippen MR) is 74.0 cm³/mol. The molecule has 0 saturated carbocycles.